The van der Waals surface area contributed by atoms with E-state index in [1.54, 1.807) is 6.20 Å². The molecule has 0 saturated carbocycles. The first-order chi connectivity index (χ1) is 9.97. The molecule has 0 aliphatic rings. The van der Waals surface area contributed by atoms with E-state index in [9.17, 15) is 8.78 Å². The minimum atomic E-state index is -0.508. The molecule has 0 saturated heterocycles. The Kier molecular flexibility index (Phi) is 5.84. The number of hydrogen-bond donors (Lipinski definition) is 1. The molecule has 0 bridgehead atoms. The maximum absolute atomic E-state index is 13.6. The smallest absolute Gasteiger partial charge is 0.129 e. The molecule has 112 valence electrons. The Morgan fingerprint density at radius 1 is 1.24 bits per heavy atom. The molecule has 2 rings (SSSR count). The van der Waals surface area contributed by atoms with E-state index >= 15 is 0 Å². The molecular formula is C15H14Br2F2N2. The second-order valence-corrected chi connectivity index (χ2v) is 6.54. The van der Waals surface area contributed by atoms with Crippen molar-refractivity contribution in [1.29, 1.82) is 0 Å². The zero-order chi connectivity index (χ0) is 15.4. The molecule has 1 aromatic carbocycles. The van der Waals surface area contributed by atoms with Crippen LogP contribution in [0, 0.1) is 11.6 Å². The fourth-order valence-electron chi connectivity index (χ4n) is 1.95. The fourth-order valence-corrected chi connectivity index (χ4v) is 3.08. The van der Waals surface area contributed by atoms with Crippen molar-refractivity contribution in [3.05, 3.63) is 62.3 Å². The van der Waals surface area contributed by atoms with Gasteiger partial charge in [0.05, 0.1) is 5.69 Å². The van der Waals surface area contributed by atoms with Crippen LogP contribution >= 0.6 is 31.9 Å². The van der Waals surface area contributed by atoms with Crippen LogP contribution in [0.15, 0.2) is 39.4 Å². The Balaban J connectivity index is 1.97. The summed E-state index contributed by atoms with van der Waals surface area (Å²) in [6.07, 6.45) is 2.00. The highest BCUT2D eigenvalue weighted by Crippen LogP contribution is 2.20. The molecule has 0 fully saturated rings. The third kappa shape index (κ3) is 4.56. The Bertz CT molecular complexity index is 615. The summed E-state index contributed by atoms with van der Waals surface area (Å²) in [5.41, 5.74) is 0.958. The standard InChI is InChI=1S/C15H14Br2F2N2/c1-9(5-11-13(18)3-2-4-14(11)19)20-8-15-12(17)6-10(16)7-21-15/h2-4,6-7,9,20H,5,8H2,1H3. The predicted octanol–water partition coefficient (Wildman–Crippen LogP) is 4.61. The number of halogens is 4. The van der Waals surface area contributed by atoms with Gasteiger partial charge in [0.15, 0.2) is 0 Å². The van der Waals surface area contributed by atoms with E-state index in [2.05, 4.69) is 42.2 Å². The van der Waals surface area contributed by atoms with Crippen LogP contribution in [-0.2, 0) is 13.0 Å². The molecule has 0 radical (unpaired) electrons. The lowest BCUT2D eigenvalue weighted by Crippen LogP contribution is -2.28. The molecule has 1 unspecified atom stereocenters. The number of aromatic nitrogens is 1. The summed E-state index contributed by atoms with van der Waals surface area (Å²) < 4.78 is 29.0. The summed E-state index contributed by atoms with van der Waals surface area (Å²) in [4.78, 5) is 4.29. The Morgan fingerprint density at radius 2 is 1.90 bits per heavy atom. The molecule has 0 amide bonds. The van der Waals surface area contributed by atoms with Gasteiger partial charge in [-0.3, -0.25) is 4.98 Å². The number of nitrogens with one attached hydrogen (secondary N) is 1. The summed E-state index contributed by atoms with van der Waals surface area (Å²) in [5, 5.41) is 3.22. The van der Waals surface area contributed by atoms with Crippen LogP contribution in [0.25, 0.3) is 0 Å². The van der Waals surface area contributed by atoms with Gasteiger partial charge in [-0.1, -0.05) is 6.07 Å². The van der Waals surface area contributed by atoms with Gasteiger partial charge in [-0.15, -0.1) is 0 Å². The SMILES string of the molecule is CC(Cc1c(F)cccc1F)NCc1ncc(Br)cc1Br. The molecule has 2 aromatic rings. The van der Waals surface area contributed by atoms with E-state index in [1.165, 1.54) is 18.2 Å². The minimum absolute atomic E-state index is 0.0752. The second-order valence-electron chi connectivity index (χ2n) is 4.77. The molecule has 0 aliphatic carbocycles. The summed E-state index contributed by atoms with van der Waals surface area (Å²) in [7, 11) is 0. The van der Waals surface area contributed by atoms with Gasteiger partial charge in [-0.2, -0.15) is 0 Å². The van der Waals surface area contributed by atoms with Crippen molar-refractivity contribution in [2.24, 2.45) is 0 Å². The van der Waals surface area contributed by atoms with Gasteiger partial charge in [0.1, 0.15) is 11.6 Å². The van der Waals surface area contributed by atoms with Gasteiger partial charge < -0.3 is 5.32 Å². The van der Waals surface area contributed by atoms with Crippen LogP contribution in [-0.4, -0.2) is 11.0 Å². The Hall–Kier alpha value is -0.850. The maximum Gasteiger partial charge on any atom is 0.129 e. The van der Waals surface area contributed by atoms with Crippen molar-refractivity contribution in [3.8, 4) is 0 Å². The first kappa shape index (κ1) is 16.5. The van der Waals surface area contributed by atoms with Gasteiger partial charge >= 0.3 is 0 Å². The van der Waals surface area contributed by atoms with E-state index in [0.717, 1.165) is 14.6 Å². The van der Waals surface area contributed by atoms with Crippen LogP contribution in [0.3, 0.4) is 0 Å². The average Bonchev–Trinajstić information content (AvgIpc) is 2.42. The normalized spacial score (nSPS) is 12.4. The molecule has 0 spiro atoms. The third-order valence-electron chi connectivity index (χ3n) is 3.07. The van der Waals surface area contributed by atoms with Crippen LogP contribution in [0.4, 0.5) is 8.78 Å². The highest BCUT2D eigenvalue weighted by Gasteiger charge is 2.13. The summed E-state index contributed by atoms with van der Waals surface area (Å²) in [6, 6.07) is 5.75. The first-order valence-corrected chi connectivity index (χ1v) is 8.02. The van der Waals surface area contributed by atoms with E-state index in [4.69, 9.17) is 0 Å². The van der Waals surface area contributed by atoms with Crippen molar-refractivity contribution in [2.45, 2.75) is 25.9 Å². The highest BCUT2D eigenvalue weighted by molar-refractivity contribution is 9.11. The van der Waals surface area contributed by atoms with Crippen LogP contribution in [0.5, 0.6) is 0 Å². The largest absolute Gasteiger partial charge is 0.308 e. The monoisotopic (exact) mass is 418 g/mol. The zero-order valence-electron chi connectivity index (χ0n) is 11.3. The van der Waals surface area contributed by atoms with Crippen LogP contribution in [0.1, 0.15) is 18.2 Å². The first-order valence-electron chi connectivity index (χ1n) is 6.43. The lowest BCUT2D eigenvalue weighted by molar-refractivity contribution is 0.496. The second kappa shape index (κ2) is 7.42. The summed E-state index contributed by atoms with van der Waals surface area (Å²) >= 11 is 6.78. The average molecular weight is 420 g/mol. The lowest BCUT2D eigenvalue weighted by atomic mass is 10.1. The van der Waals surface area contributed by atoms with E-state index in [0.29, 0.717) is 6.54 Å². The number of benzene rings is 1. The molecule has 1 heterocycles. The van der Waals surface area contributed by atoms with E-state index in [1.807, 2.05) is 13.0 Å². The zero-order valence-corrected chi connectivity index (χ0v) is 14.5. The predicted molar refractivity (Wildman–Crippen MR) is 86.0 cm³/mol. The fraction of sp³-hybridized carbons (Fsp3) is 0.267. The van der Waals surface area contributed by atoms with Gasteiger partial charge in [-0.05, 0) is 63.4 Å². The van der Waals surface area contributed by atoms with Crippen molar-refractivity contribution < 1.29 is 8.78 Å². The highest BCUT2D eigenvalue weighted by atomic mass is 79.9. The van der Waals surface area contributed by atoms with Crippen molar-refractivity contribution in [3.63, 3.8) is 0 Å². The minimum Gasteiger partial charge on any atom is -0.308 e. The van der Waals surface area contributed by atoms with Gasteiger partial charge in [0.25, 0.3) is 0 Å². The van der Waals surface area contributed by atoms with Crippen LogP contribution in [0.2, 0.25) is 0 Å². The van der Waals surface area contributed by atoms with Crippen molar-refractivity contribution in [2.75, 3.05) is 0 Å². The number of pyridine rings is 1. The van der Waals surface area contributed by atoms with Crippen molar-refractivity contribution >= 4 is 31.9 Å². The van der Waals surface area contributed by atoms with Gasteiger partial charge in [-0.25, -0.2) is 8.78 Å². The van der Waals surface area contributed by atoms with Crippen molar-refractivity contribution in [1.82, 2.24) is 10.3 Å². The molecule has 1 aromatic heterocycles. The summed E-state index contributed by atoms with van der Waals surface area (Å²) in [6.45, 7) is 2.41. The molecule has 1 N–H and O–H groups in total. The van der Waals surface area contributed by atoms with Gasteiger partial charge in [0, 0.05) is 33.3 Å². The quantitative estimate of drug-likeness (QED) is 0.765. The van der Waals surface area contributed by atoms with Crippen LogP contribution < -0.4 is 5.32 Å². The molecular weight excluding hydrogens is 406 g/mol. The topological polar surface area (TPSA) is 24.9 Å². The number of nitrogens with zero attached hydrogens (tertiary/aromatic N) is 1. The summed E-state index contributed by atoms with van der Waals surface area (Å²) in [5.74, 6) is -1.02. The number of hydrogen-bond acceptors (Lipinski definition) is 2. The molecule has 21 heavy (non-hydrogen) atoms. The lowest BCUT2D eigenvalue weighted by Gasteiger charge is -2.15. The molecule has 2 nitrogen and oxygen atoms in total. The Morgan fingerprint density at radius 3 is 2.52 bits per heavy atom. The Labute approximate surface area is 139 Å². The maximum atomic E-state index is 13.6. The molecule has 0 aliphatic heterocycles. The molecule has 6 heteroatoms. The van der Waals surface area contributed by atoms with E-state index in [-0.39, 0.29) is 18.0 Å². The third-order valence-corrected chi connectivity index (χ3v) is 4.19. The van der Waals surface area contributed by atoms with E-state index < -0.39 is 11.6 Å². The number of rotatable bonds is 5. The molecule has 1 atom stereocenters. The van der Waals surface area contributed by atoms with Gasteiger partial charge in [0.2, 0.25) is 0 Å².